The zero-order chi connectivity index (χ0) is 21.2. The number of aliphatic hydroxyl groups is 1. The first kappa shape index (κ1) is 21.1. The number of hydrogen-bond donors (Lipinski definition) is 1. The third-order valence-corrected chi connectivity index (χ3v) is 6.65. The van der Waals surface area contributed by atoms with Crippen LogP contribution in [0.5, 0.6) is 0 Å². The van der Waals surface area contributed by atoms with E-state index < -0.39 is 24.8 Å². The first-order valence-electron chi connectivity index (χ1n) is 11.3. The molecule has 2 aromatic carbocycles. The molecule has 1 unspecified atom stereocenters. The molecule has 7 atom stereocenters. The quantitative estimate of drug-likeness (QED) is 0.794. The summed E-state index contributed by atoms with van der Waals surface area (Å²) in [5, 5.41) is 11.5. The van der Waals surface area contributed by atoms with Crippen LogP contribution in [0.25, 0.3) is 0 Å². The molecule has 0 bridgehead atoms. The molecule has 6 nitrogen and oxygen atoms in total. The van der Waals surface area contributed by atoms with Crippen molar-refractivity contribution in [3.8, 4) is 0 Å². The average molecular weight is 426 g/mol. The van der Waals surface area contributed by atoms with Crippen molar-refractivity contribution in [3.63, 3.8) is 0 Å². The highest BCUT2D eigenvalue weighted by molar-refractivity contribution is 5.17. The fourth-order valence-electron chi connectivity index (χ4n) is 5.00. The molecular formula is C25H31NO5. The minimum Gasteiger partial charge on any atom is -0.388 e. The molecule has 3 aliphatic heterocycles. The summed E-state index contributed by atoms with van der Waals surface area (Å²) in [5.74, 6) is 0. The largest absolute Gasteiger partial charge is 0.388 e. The maximum atomic E-state index is 11.5. The van der Waals surface area contributed by atoms with E-state index in [9.17, 15) is 5.11 Å². The maximum Gasteiger partial charge on any atom is 0.184 e. The highest BCUT2D eigenvalue weighted by Crippen LogP contribution is 2.38. The molecule has 5 rings (SSSR count). The summed E-state index contributed by atoms with van der Waals surface area (Å²) in [4.78, 5) is 2.33. The van der Waals surface area contributed by atoms with Crippen molar-refractivity contribution in [2.75, 3.05) is 13.2 Å². The Labute approximate surface area is 183 Å². The van der Waals surface area contributed by atoms with Gasteiger partial charge in [-0.25, -0.2) is 0 Å². The monoisotopic (exact) mass is 425 g/mol. The van der Waals surface area contributed by atoms with Gasteiger partial charge < -0.3 is 24.1 Å². The second kappa shape index (κ2) is 9.36. The number of hydrogen-bond acceptors (Lipinski definition) is 6. The number of likely N-dealkylation sites (tertiary alicyclic amines) is 1. The van der Waals surface area contributed by atoms with Crippen LogP contribution in [0.1, 0.15) is 37.2 Å². The van der Waals surface area contributed by atoms with Gasteiger partial charge in [0.05, 0.1) is 19.3 Å². The molecule has 0 radical (unpaired) electrons. The van der Waals surface area contributed by atoms with Gasteiger partial charge in [0.25, 0.3) is 0 Å². The number of benzene rings is 2. The van der Waals surface area contributed by atoms with Crippen LogP contribution in [-0.2, 0) is 25.6 Å². The van der Waals surface area contributed by atoms with Gasteiger partial charge >= 0.3 is 0 Å². The van der Waals surface area contributed by atoms with Crippen LogP contribution >= 0.6 is 0 Å². The summed E-state index contributed by atoms with van der Waals surface area (Å²) in [6, 6.07) is 20.0. The minimum absolute atomic E-state index is 0.281. The number of rotatable bonds is 5. The number of fused-ring (bicyclic) bond motifs is 1. The Balaban J connectivity index is 1.35. The first-order valence-corrected chi connectivity index (χ1v) is 11.3. The van der Waals surface area contributed by atoms with E-state index in [1.54, 1.807) is 0 Å². The number of ether oxygens (including phenoxy) is 4. The Morgan fingerprint density at radius 2 is 1.77 bits per heavy atom. The normalized spacial score (nSPS) is 36.3. The summed E-state index contributed by atoms with van der Waals surface area (Å²) in [6.45, 7) is 3.92. The zero-order valence-electron chi connectivity index (χ0n) is 17.9. The van der Waals surface area contributed by atoms with Gasteiger partial charge in [0.1, 0.15) is 18.3 Å². The van der Waals surface area contributed by atoms with Crippen LogP contribution in [0.15, 0.2) is 60.7 Å². The second-order valence-corrected chi connectivity index (χ2v) is 8.73. The van der Waals surface area contributed by atoms with Gasteiger partial charge in [-0.15, -0.1) is 0 Å². The Morgan fingerprint density at radius 1 is 1.03 bits per heavy atom. The molecule has 6 heteroatoms. The van der Waals surface area contributed by atoms with E-state index in [0.717, 1.165) is 30.5 Å². The van der Waals surface area contributed by atoms with Crippen molar-refractivity contribution in [3.05, 3.63) is 71.8 Å². The van der Waals surface area contributed by atoms with E-state index in [4.69, 9.17) is 18.9 Å². The van der Waals surface area contributed by atoms with Crippen LogP contribution in [-0.4, -0.2) is 59.8 Å². The second-order valence-electron chi connectivity index (χ2n) is 8.73. The SMILES string of the molecule is C[C@H]1CCCN1[C@H]1[C@H](OCc2ccccc2)O[C@@H]2COC(c3ccccc3)O[C@H]2[C@H]1O. The van der Waals surface area contributed by atoms with Gasteiger partial charge in [-0.3, -0.25) is 4.90 Å². The predicted octanol–water partition coefficient (Wildman–Crippen LogP) is 3.26. The van der Waals surface area contributed by atoms with Crippen LogP contribution < -0.4 is 0 Å². The van der Waals surface area contributed by atoms with Crippen molar-refractivity contribution in [1.29, 1.82) is 0 Å². The third-order valence-electron chi connectivity index (χ3n) is 6.65. The Bertz CT molecular complexity index is 834. The van der Waals surface area contributed by atoms with Crippen LogP contribution in [0.2, 0.25) is 0 Å². The summed E-state index contributed by atoms with van der Waals surface area (Å²) >= 11 is 0. The molecule has 0 amide bonds. The average Bonchev–Trinajstić information content (AvgIpc) is 3.24. The fraction of sp³-hybridized carbons (Fsp3) is 0.520. The molecule has 0 spiro atoms. The van der Waals surface area contributed by atoms with Crippen molar-refractivity contribution >= 4 is 0 Å². The molecule has 0 saturated carbocycles. The lowest BCUT2D eigenvalue weighted by Gasteiger charge is -2.50. The molecule has 0 aliphatic carbocycles. The van der Waals surface area contributed by atoms with Gasteiger partial charge in [0.2, 0.25) is 0 Å². The lowest BCUT2D eigenvalue weighted by molar-refractivity contribution is -0.355. The minimum atomic E-state index is -0.727. The third kappa shape index (κ3) is 4.42. The van der Waals surface area contributed by atoms with Crippen LogP contribution in [0.4, 0.5) is 0 Å². The van der Waals surface area contributed by atoms with Crippen molar-refractivity contribution in [2.45, 2.75) is 69.3 Å². The van der Waals surface area contributed by atoms with Gasteiger partial charge in [0.15, 0.2) is 12.6 Å². The molecule has 166 valence electrons. The lowest BCUT2D eigenvalue weighted by Crippen LogP contribution is -2.67. The van der Waals surface area contributed by atoms with E-state index >= 15 is 0 Å². The van der Waals surface area contributed by atoms with Crippen molar-refractivity contribution in [1.82, 2.24) is 4.90 Å². The molecule has 3 heterocycles. The number of aliphatic hydroxyl groups excluding tert-OH is 1. The van der Waals surface area contributed by atoms with E-state index in [1.165, 1.54) is 0 Å². The highest BCUT2D eigenvalue weighted by Gasteiger charge is 2.52. The van der Waals surface area contributed by atoms with Crippen LogP contribution in [0.3, 0.4) is 0 Å². The van der Waals surface area contributed by atoms with Gasteiger partial charge in [-0.1, -0.05) is 60.7 Å². The standard InChI is InChI=1S/C25H31NO5/c1-17-9-8-14-26(17)21-22(27)23-20(16-29-24(31-23)19-12-6-3-7-13-19)30-25(21)28-15-18-10-4-2-5-11-18/h2-7,10-13,17,20-25,27H,8-9,14-16H2,1H3/t17-,20+,21+,22-,23+,24?,25+/m0/s1. The fourth-order valence-corrected chi connectivity index (χ4v) is 5.00. The van der Waals surface area contributed by atoms with Gasteiger partial charge in [-0.2, -0.15) is 0 Å². The van der Waals surface area contributed by atoms with E-state index in [-0.39, 0.29) is 12.1 Å². The molecule has 1 N–H and O–H groups in total. The smallest absolute Gasteiger partial charge is 0.184 e. The van der Waals surface area contributed by atoms with E-state index in [1.807, 2.05) is 60.7 Å². The molecule has 0 aromatic heterocycles. The van der Waals surface area contributed by atoms with Gasteiger partial charge in [-0.05, 0) is 31.9 Å². The van der Waals surface area contributed by atoms with Crippen LogP contribution in [0, 0.1) is 0 Å². The Hall–Kier alpha value is -1.80. The molecule has 31 heavy (non-hydrogen) atoms. The van der Waals surface area contributed by atoms with Crippen molar-refractivity contribution < 1.29 is 24.1 Å². The summed E-state index contributed by atoms with van der Waals surface area (Å²) in [7, 11) is 0. The predicted molar refractivity (Wildman–Crippen MR) is 115 cm³/mol. The summed E-state index contributed by atoms with van der Waals surface area (Å²) in [5.41, 5.74) is 2.03. The summed E-state index contributed by atoms with van der Waals surface area (Å²) < 4.78 is 24.8. The Morgan fingerprint density at radius 3 is 2.48 bits per heavy atom. The zero-order valence-corrected chi connectivity index (χ0v) is 17.9. The molecule has 3 aliphatic rings. The number of nitrogens with zero attached hydrogens (tertiary/aromatic N) is 1. The molecular weight excluding hydrogens is 394 g/mol. The molecule has 2 aromatic rings. The highest BCUT2D eigenvalue weighted by atomic mass is 16.7. The van der Waals surface area contributed by atoms with E-state index in [0.29, 0.717) is 19.3 Å². The Kier molecular flexibility index (Phi) is 6.36. The van der Waals surface area contributed by atoms with E-state index in [2.05, 4.69) is 11.8 Å². The first-order chi connectivity index (χ1) is 15.2. The van der Waals surface area contributed by atoms with Crippen molar-refractivity contribution in [2.24, 2.45) is 0 Å². The summed E-state index contributed by atoms with van der Waals surface area (Å²) in [6.07, 6.45) is -0.384. The topological polar surface area (TPSA) is 60.4 Å². The molecule has 3 saturated heterocycles. The van der Waals surface area contributed by atoms with Gasteiger partial charge in [0, 0.05) is 11.6 Å². The lowest BCUT2D eigenvalue weighted by atomic mass is 9.94. The maximum absolute atomic E-state index is 11.5. The molecule has 3 fully saturated rings.